The smallest absolute Gasteiger partial charge is 0.289 e. The standard InChI is InChI=1S/C21H25FN2O3/c1-26-17-5-6-18(22)16(12-17)13-23-9-3-7-21(14-23)8-10-24(15-21)20(25)19-4-2-11-27-19/h2,4-6,11-12H,3,7-10,13-15H2,1H3/t21-/m1/s1. The van der Waals surface area contributed by atoms with Crippen molar-refractivity contribution < 1.29 is 18.3 Å². The number of nitrogens with zero attached hydrogens (tertiary/aromatic N) is 2. The Morgan fingerprint density at radius 1 is 1.26 bits per heavy atom. The van der Waals surface area contributed by atoms with E-state index in [0.717, 1.165) is 45.4 Å². The fourth-order valence-corrected chi connectivity index (χ4v) is 4.48. The Hall–Kier alpha value is -2.34. The van der Waals surface area contributed by atoms with Gasteiger partial charge in [0.05, 0.1) is 13.4 Å². The van der Waals surface area contributed by atoms with Crippen molar-refractivity contribution in [2.75, 3.05) is 33.3 Å². The highest BCUT2D eigenvalue weighted by Crippen LogP contribution is 2.40. The van der Waals surface area contributed by atoms with E-state index in [-0.39, 0.29) is 17.1 Å². The van der Waals surface area contributed by atoms with Gasteiger partial charge in [-0.3, -0.25) is 9.69 Å². The molecule has 144 valence electrons. The van der Waals surface area contributed by atoms with E-state index in [1.165, 1.54) is 12.3 Å². The Morgan fingerprint density at radius 2 is 2.15 bits per heavy atom. The maximum Gasteiger partial charge on any atom is 0.289 e. The van der Waals surface area contributed by atoms with Crippen LogP contribution in [0.5, 0.6) is 5.75 Å². The molecule has 0 saturated carbocycles. The number of piperidine rings is 1. The molecule has 2 saturated heterocycles. The number of benzene rings is 1. The van der Waals surface area contributed by atoms with Crippen LogP contribution in [0.4, 0.5) is 4.39 Å². The van der Waals surface area contributed by atoms with Crippen LogP contribution in [0.1, 0.15) is 35.4 Å². The second-order valence-corrected chi connectivity index (χ2v) is 7.73. The van der Waals surface area contributed by atoms with E-state index in [4.69, 9.17) is 9.15 Å². The summed E-state index contributed by atoms with van der Waals surface area (Å²) < 4.78 is 24.7. The molecule has 3 heterocycles. The third kappa shape index (κ3) is 3.72. The summed E-state index contributed by atoms with van der Waals surface area (Å²) in [6.07, 6.45) is 4.68. The molecule has 2 fully saturated rings. The molecular formula is C21H25FN2O3. The first-order valence-corrected chi connectivity index (χ1v) is 9.46. The molecule has 4 rings (SSSR count). The van der Waals surface area contributed by atoms with Crippen molar-refractivity contribution in [2.24, 2.45) is 5.41 Å². The van der Waals surface area contributed by atoms with E-state index >= 15 is 0 Å². The molecule has 0 radical (unpaired) electrons. The SMILES string of the molecule is COc1ccc(F)c(CN2CCC[C@@]3(CCN(C(=O)c4ccco4)C3)C2)c1. The molecule has 1 aromatic heterocycles. The zero-order chi connectivity index (χ0) is 18.9. The fourth-order valence-electron chi connectivity index (χ4n) is 4.48. The number of methoxy groups -OCH3 is 1. The van der Waals surface area contributed by atoms with Crippen LogP contribution in [0.3, 0.4) is 0 Å². The fraction of sp³-hybridized carbons (Fsp3) is 0.476. The Balaban J connectivity index is 1.43. The summed E-state index contributed by atoms with van der Waals surface area (Å²) in [6.45, 7) is 3.89. The first-order valence-electron chi connectivity index (χ1n) is 9.46. The maximum absolute atomic E-state index is 14.2. The topological polar surface area (TPSA) is 45.9 Å². The lowest BCUT2D eigenvalue weighted by atomic mass is 9.79. The van der Waals surface area contributed by atoms with E-state index in [0.29, 0.717) is 23.6 Å². The van der Waals surface area contributed by atoms with Gasteiger partial charge in [0.2, 0.25) is 0 Å². The first kappa shape index (κ1) is 18.0. The zero-order valence-corrected chi connectivity index (χ0v) is 15.6. The average Bonchev–Trinajstić information content (AvgIpc) is 3.34. The van der Waals surface area contributed by atoms with Gasteiger partial charge >= 0.3 is 0 Å². The molecule has 0 aliphatic carbocycles. The third-order valence-corrected chi connectivity index (χ3v) is 5.84. The van der Waals surface area contributed by atoms with Gasteiger partial charge in [0.25, 0.3) is 5.91 Å². The van der Waals surface area contributed by atoms with E-state index in [1.807, 2.05) is 4.90 Å². The summed E-state index contributed by atoms with van der Waals surface area (Å²) >= 11 is 0. The van der Waals surface area contributed by atoms with E-state index in [2.05, 4.69) is 4.90 Å². The van der Waals surface area contributed by atoms with E-state index < -0.39 is 0 Å². The quantitative estimate of drug-likeness (QED) is 0.823. The highest BCUT2D eigenvalue weighted by atomic mass is 19.1. The summed E-state index contributed by atoms with van der Waals surface area (Å²) in [4.78, 5) is 16.8. The largest absolute Gasteiger partial charge is 0.497 e. The highest BCUT2D eigenvalue weighted by Gasteiger charge is 2.43. The van der Waals surface area contributed by atoms with Crippen molar-refractivity contribution in [3.63, 3.8) is 0 Å². The zero-order valence-electron chi connectivity index (χ0n) is 15.6. The predicted octanol–water partition coefficient (Wildman–Crippen LogP) is 3.56. The van der Waals surface area contributed by atoms with Crippen LogP contribution in [0.15, 0.2) is 41.0 Å². The summed E-state index contributed by atoms with van der Waals surface area (Å²) in [7, 11) is 1.59. The monoisotopic (exact) mass is 372 g/mol. The van der Waals surface area contributed by atoms with Crippen molar-refractivity contribution >= 4 is 5.91 Å². The van der Waals surface area contributed by atoms with E-state index in [9.17, 15) is 9.18 Å². The summed E-state index contributed by atoms with van der Waals surface area (Å²) in [6, 6.07) is 8.34. The van der Waals surface area contributed by atoms with Gasteiger partial charge < -0.3 is 14.1 Å². The number of likely N-dealkylation sites (tertiary alicyclic amines) is 2. The molecule has 5 nitrogen and oxygen atoms in total. The highest BCUT2D eigenvalue weighted by molar-refractivity contribution is 5.91. The normalized spacial score (nSPS) is 23.1. The number of hydrogen-bond donors (Lipinski definition) is 0. The van der Waals surface area contributed by atoms with Gasteiger partial charge in [-0.25, -0.2) is 4.39 Å². The number of furan rings is 1. The van der Waals surface area contributed by atoms with Crippen LogP contribution >= 0.6 is 0 Å². The Labute approximate surface area is 158 Å². The van der Waals surface area contributed by atoms with Crippen LogP contribution in [-0.4, -0.2) is 49.0 Å². The van der Waals surface area contributed by atoms with Gasteiger partial charge in [0.15, 0.2) is 5.76 Å². The van der Waals surface area contributed by atoms with Crippen molar-refractivity contribution in [2.45, 2.75) is 25.8 Å². The van der Waals surface area contributed by atoms with Gasteiger partial charge in [-0.2, -0.15) is 0 Å². The molecular weight excluding hydrogens is 347 g/mol. The lowest BCUT2D eigenvalue weighted by Gasteiger charge is -2.40. The summed E-state index contributed by atoms with van der Waals surface area (Å²) in [5.41, 5.74) is 0.753. The molecule has 0 unspecified atom stereocenters. The number of halogens is 1. The molecule has 27 heavy (non-hydrogen) atoms. The minimum Gasteiger partial charge on any atom is -0.497 e. The van der Waals surface area contributed by atoms with Crippen LogP contribution in [0.25, 0.3) is 0 Å². The van der Waals surface area contributed by atoms with Gasteiger partial charge in [-0.15, -0.1) is 0 Å². The minimum absolute atomic E-state index is 0.0344. The van der Waals surface area contributed by atoms with Crippen LogP contribution in [0, 0.1) is 11.2 Å². The Morgan fingerprint density at radius 3 is 2.93 bits per heavy atom. The minimum atomic E-state index is -0.198. The number of carbonyl (C=O) groups is 1. The summed E-state index contributed by atoms with van der Waals surface area (Å²) in [5.74, 6) is 0.844. The van der Waals surface area contributed by atoms with Crippen LogP contribution < -0.4 is 4.74 Å². The molecule has 0 N–H and O–H groups in total. The van der Waals surface area contributed by atoms with Gasteiger partial charge in [0.1, 0.15) is 11.6 Å². The van der Waals surface area contributed by atoms with Crippen LogP contribution in [-0.2, 0) is 6.54 Å². The van der Waals surface area contributed by atoms with Crippen molar-refractivity contribution in [3.05, 3.63) is 53.7 Å². The van der Waals surface area contributed by atoms with Gasteiger partial charge in [-0.1, -0.05) is 0 Å². The number of ether oxygens (including phenoxy) is 1. The number of amides is 1. The molecule has 1 aromatic carbocycles. The number of hydrogen-bond acceptors (Lipinski definition) is 4. The Kier molecular flexibility index (Phi) is 4.91. The van der Waals surface area contributed by atoms with Gasteiger partial charge in [0, 0.05) is 37.2 Å². The van der Waals surface area contributed by atoms with Crippen molar-refractivity contribution in [1.82, 2.24) is 9.80 Å². The van der Waals surface area contributed by atoms with Crippen molar-refractivity contribution in [3.8, 4) is 5.75 Å². The summed E-state index contributed by atoms with van der Waals surface area (Å²) in [5, 5.41) is 0. The second-order valence-electron chi connectivity index (χ2n) is 7.73. The molecule has 1 spiro atoms. The molecule has 1 amide bonds. The number of rotatable bonds is 4. The average molecular weight is 372 g/mol. The molecule has 6 heteroatoms. The molecule has 0 bridgehead atoms. The lowest BCUT2D eigenvalue weighted by molar-refractivity contribution is 0.0649. The lowest BCUT2D eigenvalue weighted by Crippen LogP contribution is -2.45. The second kappa shape index (κ2) is 7.35. The first-order chi connectivity index (χ1) is 13.1. The maximum atomic E-state index is 14.2. The van der Waals surface area contributed by atoms with Crippen molar-refractivity contribution in [1.29, 1.82) is 0 Å². The molecule has 2 aromatic rings. The van der Waals surface area contributed by atoms with Gasteiger partial charge in [-0.05, 0) is 56.1 Å². The number of carbonyl (C=O) groups excluding carboxylic acids is 1. The third-order valence-electron chi connectivity index (χ3n) is 5.84. The molecule has 2 aliphatic rings. The molecule has 2 aliphatic heterocycles. The Bertz CT molecular complexity index is 808. The van der Waals surface area contributed by atoms with Crippen LogP contribution in [0.2, 0.25) is 0 Å². The molecule has 1 atom stereocenters. The predicted molar refractivity (Wildman–Crippen MR) is 99.1 cm³/mol. The van der Waals surface area contributed by atoms with E-state index in [1.54, 1.807) is 31.4 Å².